The van der Waals surface area contributed by atoms with Gasteiger partial charge in [0.05, 0.1) is 30.3 Å². The zero-order valence-corrected chi connectivity index (χ0v) is 12.0. The Labute approximate surface area is 115 Å². The summed E-state index contributed by atoms with van der Waals surface area (Å²) in [4.78, 5) is 13.8. The highest BCUT2D eigenvalue weighted by atomic mass is 79.9. The van der Waals surface area contributed by atoms with Crippen molar-refractivity contribution in [3.05, 3.63) is 28.2 Å². The average molecular weight is 314 g/mol. The van der Waals surface area contributed by atoms with Crippen LogP contribution in [0.4, 0.5) is 0 Å². The van der Waals surface area contributed by atoms with Crippen LogP contribution in [-0.4, -0.2) is 41.7 Å². The van der Waals surface area contributed by atoms with Gasteiger partial charge in [0.15, 0.2) is 0 Å². The summed E-state index contributed by atoms with van der Waals surface area (Å²) in [5, 5.41) is 9.90. The fourth-order valence-corrected chi connectivity index (χ4v) is 2.55. The lowest BCUT2D eigenvalue weighted by Gasteiger charge is -2.46. The first-order valence-corrected chi connectivity index (χ1v) is 6.63. The van der Waals surface area contributed by atoms with Crippen LogP contribution in [-0.2, 0) is 0 Å². The minimum atomic E-state index is -0.695. The average Bonchev–Trinajstić information content (AvgIpc) is 2.34. The van der Waals surface area contributed by atoms with Crippen LogP contribution in [0.15, 0.2) is 22.7 Å². The number of halogens is 1. The summed E-state index contributed by atoms with van der Waals surface area (Å²) in [5.74, 6) is 0.636. The zero-order chi connectivity index (χ0) is 13.3. The Morgan fingerprint density at radius 1 is 1.56 bits per heavy atom. The number of nitrogens with zero attached hydrogens (tertiary/aromatic N) is 1. The van der Waals surface area contributed by atoms with Gasteiger partial charge in [0.2, 0.25) is 0 Å². The minimum absolute atomic E-state index is 0.0588. The van der Waals surface area contributed by atoms with Gasteiger partial charge >= 0.3 is 0 Å². The molecular weight excluding hydrogens is 298 g/mol. The Balaban J connectivity index is 2.09. The van der Waals surface area contributed by atoms with Crippen LogP contribution in [0.3, 0.4) is 0 Å². The second-order valence-corrected chi connectivity index (χ2v) is 5.44. The number of rotatable bonds is 3. The van der Waals surface area contributed by atoms with Crippen LogP contribution in [0.5, 0.6) is 5.75 Å². The number of carbonyl (C=O) groups is 1. The lowest BCUT2D eigenvalue weighted by Crippen LogP contribution is -2.63. The van der Waals surface area contributed by atoms with E-state index in [2.05, 4.69) is 15.9 Å². The maximum absolute atomic E-state index is 12.1. The fourth-order valence-electron chi connectivity index (χ4n) is 2.01. The van der Waals surface area contributed by atoms with Crippen molar-refractivity contribution in [2.75, 3.05) is 20.2 Å². The smallest absolute Gasteiger partial charge is 0.254 e. The monoisotopic (exact) mass is 313 g/mol. The van der Waals surface area contributed by atoms with E-state index in [0.717, 1.165) is 4.47 Å². The number of hydrogen-bond donors (Lipinski definition) is 1. The number of carbonyl (C=O) groups excluding carboxylic acids is 1. The summed E-state index contributed by atoms with van der Waals surface area (Å²) < 4.78 is 5.87. The predicted octanol–water partition coefficient (Wildman–Crippen LogP) is 2.05. The van der Waals surface area contributed by atoms with Gasteiger partial charge < -0.3 is 14.7 Å². The molecule has 1 N–H and O–H groups in total. The SMILES string of the molecule is CCC1(O)CN(C(=O)c2ccc(OC)c(Br)c2)C1. The van der Waals surface area contributed by atoms with E-state index in [1.807, 2.05) is 6.92 Å². The molecule has 0 saturated carbocycles. The second-order valence-electron chi connectivity index (χ2n) is 4.59. The molecular formula is C13H16BrNO3. The molecule has 1 heterocycles. The second kappa shape index (κ2) is 4.90. The Morgan fingerprint density at radius 2 is 2.22 bits per heavy atom. The highest BCUT2D eigenvalue weighted by Gasteiger charge is 2.42. The van der Waals surface area contributed by atoms with Crippen LogP contribution in [0.2, 0.25) is 0 Å². The molecule has 1 aromatic rings. The van der Waals surface area contributed by atoms with Gasteiger partial charge in [-0.1, -0.05) is 6.92 Å². The van der Waals surface area contributed by atoms with Crippen LogP contribution in [0.25, 0.3) is 0 Å². The molecule has 0 aliphatic carbocycles. The number of benzene rings is 1. The quantitative estimate of drug-likeness (QED) is 0.929. The molecule has 0 bridgehead atoms. The van der Waals surface area contributed by atoms with Gasteiger partial charge in [-0.25, -0.2) is 0 Å². The minimum Gasteiger partial charge on any atom is -0.496 e. The standard InChI is InChI=1S/C13H16BrNO3/c1-3-13(17)7-15(8-13)12(16)9-4-5-11(18-2)10(14)6-9/h4-6,17H,3,7-8H2,1-2H3. The topological polar surface area (TPSA) is 49.8 Å². The number of β-amino-alcohol motifs (C(OH)–C–C–N with tert-alkyl or cyclic N) is 1. The van der Waals surface area contributed by atoms with Crippen LogP contribution in [0.1, 0.15) is 23.7 Å². The molecule has 0 aromatic heterocycles. The molecule has 0 spiro atoms. The van der Waals surface area contributed by atoms with Gasteiger partial charge in [-0.2, -0.15) is 0 Å². The first kappa shape index (κ1) is 13.4. The van der Waals surface area contributed by atoms with Crippen molar-refractivity contribution < 1.29 is 14.6 Å². The molecule has 1 aromatic carbocycles. The molecule has 1 aliphatic heterocycles. The van der Waals surface area contributed by atoms with Crippen molar-refractivity contribution in [1.82, 2.24) is 4.90 Å². The van der Waals surface area contributed by atoms with Gasteiger partial charge in [0.1, 0.15) is 5.75 Å². The third-order valence-electron chi connectivity index (χ3n) is 3.31. The van der Waals surface area contributed by atoms with Crippen molar-refractivity contribution in [3.63, 3.8) is 0 Å². The third kappa shape index (κ3) is 2.37. The molecule has 0 atom stereocenters. The van der Waals surface area contributed by atoms with Crippen LogP contribution >= 0.6 is 15.9 Å². The van der Waals surface area contributed by atoms with E-state index in [9.17, 15) is 9.90 Å². The fraction of sp³-hybridized carbons (Fsp3) is 0.462. The largest absolute Gasteiger partial charge is 0.496 e. The highest BCUT2D eigenvalue weighted by Crippen LogP contribution is 2.29. The molecule has 18 heavy (non-hydrogen) atoms. The van der Waals surface area contributed by atoms with Crippen molar-refractivity contribution in [1.29, 1.82) is 0 Å². The lowest BCUT2D eigenvalue weighted by atomic mass is 9.90. The summed E-state index contributed by atoms with van der Waals surface area (Å²) in [6.45, 7) is 2.74. The van der Waals surface area contributed by atoms with Crippen molar-refractivity contribution in [3.8, 4) is 5.75 Å². The summed E-state index contributed by atoms with van der Waals surface area (Å²) in [5.41, 5.74) is -0.0971. The van der Waals surface area contributed by atoms with E-state index < -0.39 is 5.60 Å². The predicted molar refractivity (Wildman–Crippen MR) is 71.8 cm³/mol. The van der Waals surface area contributed by atoms with Crippen LogP contribution < -0.4 is 4.74 Å². The molecule has 0 unspecified atom stereocenters. The van der Waals surface area contributed by atoms with E-state index in [1.54, 1.807) is 30.2 Å². The van der Waals surface area contributed by atoms with Gasteiger partial charge in [-0.05, 0) is 40.5 Å². The van der Waals surface area contributed by atoms with E-state index in [4.69, 9.17) is 4.74 Å². The van der Waals surface area contributed by atoms with E-state index in [-0.39, 0.29) is 5.91 Å². The number of methoxy groups -OCH3 is 1. The van der Waals surface area contributed by atoms with E-state index in [1.165, 1.54) is 0 Å². The van der Waals surface area contributed by atoms with E-state index >= 15 is 0 Å². The molecule has 0 radical (unpaired) electrons. The van der Waals surface area contributed by atoms with E-state index in [0.29, 0.717) is 30.8 Å². The van der Waals surface area contributed by atoms with Crippen molar-refractivity contribution >= 4 is 21.8 Å². The molecule has 98 valence electrons. The molecule has 1 amide bonds. The Hall–Kier alpha value is -1.07. The highest BCUT2D eigenvalue weighted by molar-refractivity contribution is 9.10. The number of amides is 1. The van der Waals surface area contributed by atoms with Gasteiger partial charge in [-0.15, -0.1) is 0 Å². The zero-order valence-electron chi connectivity index (χ0n) is 10.4. The number of ether oxygens (including phenoxy) is 1. The Bertz CT molecular complexity index is 469. The van der Waals surface area contributed by atoms with Gasteiger partial charge in [-0.3, -0.25) is 4.79 Å². The maximum Gasteiger partial charge on any atom is 0.254 e. The molecule has 1 aliphatic rings. The lowest BCUT2D eigenvalue weighted by molar-refractivity contribution is -0.0826. The molecule has 5 heteroatoms. The molecule has 2 rings (SSSR count). The Morgan fingerprint density at radius 3 is 2.72 bits per heavy atom. The summed E-state index contributed by atoms with van der Waals surface area (Å²) >= 11 is 3.36. The van der Waals surface area contributed by atoms with Gasteiger partial charge in [0, 0.05) is 5.56 Å². The maximum atomic E-state index is 12.1. The Kier molecular flexibility index (Phi) is 3.64. The first-order valence-electron chi connectivity index (χ1n) is 5.84. The number of hydrogen-bond acceptors (Lipinski definition) is 3. The molecule has 4 nitrogen and oxygen atoms in total. The van der Waals surface area contributed by atoms with Crippen molar-refractivity contribution in [2.24, 2.45) is 0 Å². The summed E-state index contributed by atoms with van der Waals surface area (Å²) in [6, 6.07) is 5.23. The number of likely N-dealkylation sites (tertiary alicyclic amines) is 1. The molecule has 1 fully saturated rings. The summed E-state index contributed by atoms with van der Waals surface area (Å²) in [6.07, 6.45) is 0.670. The molecule has 1 saturated heterocycles. The van der Waals surface area contributed by atoms with Gasteiger partial charge in [0.25, 0.3) is 5.91 Å². The first-order chi connectivity index (χ1) is 8.49. The van der Waals surface area contributed by atoms with Crippen molar-refractivity contribution in [2.45, 2.75) is 18.9 Å². The number of aliphatic hydroxyl groups is 1. The third-order valence-corrected chi connectivity index (χ3v) is 3.93. The normalized spacial score (nSPS) is 17.2. The van der Waals surface area contributed by atoms with Crippen LogP contribution in [0, 0.1) is 0 Å². The summed E-state index contributed by atoms with van der Waals surface area (Å²) in [7, 11) is 1.58.